The van der Waals surface area contributed by atoms with E-state index in [0.29, 0.717) is 0 Å². The lowest BCUT2D eigenvalue weighted by Crippen LogP contribution is -2.30. The molecule has 0 aliphatic heterocycles. The molecule has 0 radical (unpaired) electrons. The van der Waals surface area contributed by atoms with Gasteiger partial charge in [0.05, 0.1) is 6.16 Å². The van der Waals surface area contributed by atoms with Gasteiger partial charge >= 0.3 is 7.60 Å². The van der Waals surface area contributed by atoms with Crippen molar-refractivity contribution in [2.75, 3.05) is 12.7 Å². The molecule has 0 saturated carbocycles. The van der Waals surface area contributed by atoms with E-state index in [9.17, 15) is 9.36 Å². The van der Waals surface area contributed by atoms with Crippen LogP contribution in [0, 0.1) is 0 Å². The Morgan fingerprint density at radius 1 is 1.17 bits per heavy atom. The molecular weight excluding hydrogens is 317 g/mol. The molecule has 0 fully saturated rings. The molecule has 0 aliphatic carbocycles. The maximum absolute atomic E-state index is 11.6. The van der Waals surface area contributed by atoms with Crippen molar-refractivity contribution in [1.29, 1.82) is 0 Å². The van der Waals surface area contributed by atoms with Crippen molar-refractivity contribution in [3.63, 3.8) is 0 Å². The largest absolute Gasteiger partial charge is 0.325 e. The van der Waals surface area contributed by atoms with Gasteiger partial charge in [-0.1, -0.05) is 42.5 Å². The molecule has 7 heteroatoms. The number of carbonyl (C=O) groups excluding carboxylic acids is 1. The third kappa shape index (κ3) is 5.44. The molecule has 0 spiro atoms. The number of fused-ring (bicyclic) bond motifs is 1. The average molecular weight is 337 g/mol. The van der Waals surface area contributed by atoms with Gasteiger partial charge in [-0.05, 0) is 22.8 Å². The van der Waals surface area contributed by atoms with E-state index in [1.807, 2.05) is 42.5 Å². The zero-order chi connectivity index (χ0) is 16.9. The van der Waals surface area contributed by atoms with Crippen molar-refractivity contribution in [3.05, 3.63) is 48.0 Å². The molecule has 0 heterocycles. The van der Waals surface area contributed by atoms with Crippen LogP contribution < -0.4 is 0 Å². The molecule has 2 rings (SSSR count). The predicted octanol–water partition coefficient (Wildman–Crippen LogP) is 2.69. The van der Waals surface area contributed by atoms with Crippen LogP contribution in [0.15, 0.2) is 42.5 Å². The minimum atomic E-state index is -4.06. The van der Waals surface area contributed by atoms with Crippen LogP contribution in [-0.4, -0.2) is 33.5 Å². The zero-order valence-corrected chi connectivity index (χ0v) is 13.8. The van der Waals surface area contributed by atoms with Crippen molar-refractivity contribution in [3.8, 4) is 0 Å². The van der Waals surface area contributed by atoms with Crippen molar-refractivity contribution in [2.24, 2.45) is 0 Å². The third-order valence-electron chi connectivity index (χ3n) is 3.42. The first kappa shape index (κ1) is 17.6. The molecule has 6 nitrogen and oxygen atoms in total. The number of carbonyl (C=O) groups is 1. The molecule has 0 atom stereocenters. The lowest BCUT2D eigenvalue weighted by molar-refractivity contribution is -0.189. The van der Waals surface area contributed by atoms with Gasteiger partial charge in [0.25, 0.3) is 0 Å². The van der Waals surface area contributed by atoms with Crippen LogP contribution >= 0.6 is 7.60 Å². The number of hydroxylamine groups is 2. The molecule has 2 aromatic rings. The first-order valence-corrected chi connectivity index (χ1v) is 9.09. The Balaban J connectivity index is 2.00. The lowest BCUT2D eigenvalue weighted by Gasteiger charge is -2.21. The van der Waals surface area contributed by atoms with Crippen LogP contribution in [0.5, 0.6) is 0 Å². The Bertz CT molecular complexity index is 722. The quantitative estimate of drug-likeness (QED) is 0.599. The molecule has 0 saturated heterocycles. The van der Waals surface area contributed by atoms with Gasteiger partial charge in [-0.2, -0.15) is 0 Å². The topological polar surface area (TPSA) is 87.1 Å². The van der Waals surface area contributed by atoms with Crippen LogP contribution in [0.3, 0.4) is 0 Å². The van der Waals surface area contributed by atoms with Crippen molar-refractivity contribution >= 4 is 24.3 Å². The summed E-state index contributed by atoms with van der Waals surface area (Å²) >= 11 is 0. The van der Waals surface area contributed by atoms with Gasteiger partial charge in [0.1, 0.15) is 6.61 Å². The van der Waals surface area contributed by atoms with E-state index >= 15 is 0 Å². The van der Waals surface area contributed by atoms with Crippen molar-refractivity contribution in [2.45, 2.75) is 20.0 Å². The first-order valence-electron chi connectivity index (χ1n) is 7.29. The first-order chi connectivity index (χ1) is 10.9. The van der Waals surface area contributed by atoms with E-state index in [-0.39, 0.29) is 31.6 Å². The van der Waals surface area contributed by atoms with Gasteiger partial charge in [-0.25, -0.2) is 5.06 Å². The molecule has 0 aromatic heterocycles. The molecule has 0 unspecified atom stereocenters. The van der Waals surface area contributed by atoms with Crippen LogP contribution in [-0.2, 0) is 20.8 Å². The Morgan fingerprint density at radius 3 is 2.57 bits per heavy atom. The number of nitrogens with zero attached hydrogens (tertiary/aromatic N) is 1. The van der Waals surface area contributed by atoms with E-state index in [1.54, 1.807) is 0 Å². The van der Waals surface area contributed by atoms with Gasteiger partial charge in [0, 0.05) is 13.5 Å². The normalized spacial score (nSPS) is 11.6. The van der Waals surface area contributed by atoms with Gasteiger partial charge in [-0.3, -0.25) is 14.2 Å². The summed E-state index contributed by atoms with van der Waals surface area (Å²) in [6.45, 7) is 1.72. The second-order valence-electron chi connectivity index (χ2n) is 5.27. The number of hydrogen-bond donors (Lipinski definition) is 2. The Morgan fingerprint density at radius 2 is 1.87 bits per heavy atom. The Labute approximate surface area is 134 Å². The summed E-state index contributed by atoms with van der Waals surface area (Å²) in [5, 5.41) is 3.29. The molecule has 23 heavy (non-hydrogen) atoms. The van der Waals surface area contributed by atoms with Crippen LogP contribution in [0.25, 0.3) is 10.8 Å². The van der Waals surface area contributed by atoms with Gasteiger partial charge in [0.15, 0.2) is 0 Å². The summed E-state index contributed by atoms with van der Waals surface area (Å²) in [6, 6.07) is 13.7. The molecule has 1 amide bonds. The number of hydrogen-bond acceptors (Lipinski definition) is 3. The van der Waals surface area contributed by atoms with E-state index in [1.165, 1.54) is 6.92 Å². The molecule has 124 valence electrons. The SMILES string of the molecule is CC(=O)N(CCCP(=O)(O)O)OCc1cccc2ccccc12. The number of rotatable bonds is 7. The third-order valence-corrected chi connectivity index (χ3v) is 4.32. The molecule has 2 aromatic carbocycles. The maximum Gasteiger partial charge on any atom is 0.325 e. The highest BCUT2D eigenvalue weighted by molar-refractivity contribution is 7.51. The van der Waals surface area contributed by atoms with E-state index in [2.05, 4.69) is 0 Å². The summed E-state index contributed by atoms with van der Waals surface area (Å²) in [6.07, 6.45) is -0.0895. The van der Waals surface area contributed by atoms with Gasteiger partial charge in [-0.15, -0.1) is 0 Å². The lowest BCUT2D eigenvalue weighted by atomic mass is 10.1. The monoisotopic (exact) mass is 337 g/mol. The van der Waals surface area contributed by atoms with E-state index < -0.39 is 7.60 Å². The second-order valence-corrected chi connectivity index (χ2v) is 7.05. The smallest absolute Gasteiger partial charge is 0.324 e. The highest BCUT2D eigenvalue weighted by Crippen LogP contribution is 2.34. The highest BCUT2D eigenvalue weighted by atomic mass is 31.2. The molecule has 0 bridgehead atoms. The summed E-state index contributed by atoms with van der Waals surface area (Å²) in [5.41, 5.74) is 0.948. The number of amides is 1. The van der Waals surface area contributed by atoms with Crippen LogP contribution in [0.2, 0.25) is 0 Å². The van der Waals surface area contributed by atoms with Crippen LogP contribution in [0.1, 0.15) is 18.9 Å². The van der Waals surface area contributed by atoms with E-state index in [0.717, 1.165) is 21.4 Å². The van der Waals surface area contributed by atoms with Crippen LogP contribution in [0.4, 0.5) is 0 Å². The Hall–Kier alpha value is -1.72. The molecule has 0 aliphatic rings. The second kappa shape index (κ2) is 7.70. The fraction of sp³-hybridized carbons (Fsp3) is 0.312. The fourth-order valence-electron chi connectivity index (χ4n) is 2.30. The summed E-state index contributed by atoms with van der Waals surface area (Å²) in [7, 11) is -4.06. The summed E-state index contributed by atoms with van der Waals surface area (Å²) in [4.78, 5) is 34.9. The molecular formula is C16H20NO5P. The summed E-state index contributed by atoms with van der Waals surface area (Å²) < 4.78 is 10.9. The minimum Gasteiger partial charge on any atom is -0.324 e. The average Bonchev–Trinajstić information content (AvgIpc) is 2.49. The van der Waals surface area contributed by atoms with E-state index in [4.69, 9.17) is 14.6 Å². The van der Waals surface area contributed by atoms with Crippen molar-refractivity contribution < 1.29 is 24.0 Å². The molecule has 2 N–H and O–H groups in total. The number of benzene rings is 2. The zero-order valence-electron chi connectivity index (χ0n) is 12.9. The standard InChI is InChI=1S/C16H20NO5P/c1-13(18)17(10-5-11-23(19,20)21)22-12-15-8-4-7-14-6-2-3-9-16(14)15/h2-4,6-9H,5,10-12H2,1H3,(H2,19,20,21). The van der Waals surface area contributed by atoms with Gasteiger partial charge in [0.2, 0.25) is 5.91 Å². The fourth-order valence-corrected chi connectivity index (χ4v) is 2.85. The van der Waals surface area contributed by atoms with Gasteiger partial charge < -0.3 is 9.79 Å². The minimum absolute atomic E-state index is 0.144. The highest BCUT2D eigenvalue weighted by Gasteiger charge is 2.16. The summed E-state index contributed by atoms with van der Waals surface area (Å²) in [5.74, 6) is -0.295. The Kier molecular flexibility index (Phi) is 5.91. The van der Waals surface area contributed by atoms with Crippen molar-refractivity contribution in [1.82, 2.24) is 5.06 Å². The predicted molar refractivity (Wildman–Crippen MR) is 87.7 cm³/mol. The maximum atomic E-state index is 11.6.